The zero-order chi connectivity index (χ0) is 14.7. The molecule has 2 rings (SSSR count). The maximum Gasteiger partial charge on any atom is 0.274 e. The Morgan fingerprint density at radius 3 is 2.65 bits per heavy atom. The van der Waals surface area contributed by atoms with E-state index in [-0.39, 0.29) is 10.9 Å². The van der Waals surface area contributed by atoms with Crippen molar-refractivity contribution in [3.8, 4) is 0 Å². The Bertz CT molecular complexity index is 676. The Balaban J connectivity index is 2.19. The summed E-state index contributed by atoms with van der Waals surface area (Å²) < 4.78 is 0.799. The van der Waals surface area contributed by atoms with Crippen LogP contribution < -0.4 is 11.1 Å². The Hall–Kier alpha value is -1.50. The number of hydrogen-bond acceptors (Lipinski definition) is 3. The van der Waals surface area contributed by atoms with Crippen molar-refractivity contribution in [2.75, 3.05) is 5.32 Å². The maximum absolute atomic E-state index is 12.0. The summed E-state index contributed by atoms with van der Waals surface area (Å²) >= 11 is 14.2. The molecule has 0 bridgehead atoms. The SMILES string of the molecule is NC(=S)c1ccc(NC(=O)c2ccc(Br)cn2)c(Cl)c1. The molecule has 3 N–H and O–H groups in total. The van der Waals surface area contributed by atoms with Gasteiger partial charge in [0.25, 0.3) is 5.91 Å². The summed E-state index contributed by atoms with van der Waals surface area (Å²) in [4.78, 5) is 16.3. The van der Waals surface area contributed by atoms with E-state index in [1.165, 1.54) is 0 Å². The van der Waals surface area contributed by atoms with Gasteiger partial charge < -0.3 is 11.1 Å². The van der Waals surface area contributed by atoms with Crippen LogP contribution in [0.1, 0.15) is 16.1 Å². The van der Waals surface area contributed by atoms with Crippen molar-refractivity contribution in [3.05, 3.63) is 57.3 Å². The van der Waals surface area contributed by atoms with Crippen molar-refractivity contribution in [1.82, 2.24) is 4.98 Å². The van der Waals surface area contributed by atoms with E-state index in [4.69, 9.17) is 29.6 Å². The number of thiocarbonyl (C=S) groups is 1. The molecule has 1 heterocycles. The normalized spacial score (nSPS) is 10.1. The zero-order valence-corrected chi connectivity index (χ0v) is 13.2. The molecule has 0 aliphatic rings. The first-order valence-electron chi connectivity index (χ1n) is 5.49. The molecule has 1 aromatic carbocycles. The number of rotatable bonds is 3. The lowest BCUT2D eigenvalue weighted by atomic mass is 10.2. The van der Waals surface area contributed by atoms with Gasteiger partial charge in [-0.1, -0.05) is 23.8 Å². The van der Waals surface area contributed by atoms with E-state index in [0.717, 1.165) is 4.47 Å². The van der Waals surface area contributed by atoms with Gasteiger partial charge in [0.05, 0.1) is 10.7 Å². The van der Waals surface area contributed by atoms with E-state index in [9.17, 15) is 4.79 Å². The standard InChI is InChI=1S/C13H9BrClN3OS/c14-8-2-4-11(17-6-8)13(19)18-10-3-1-7(12(16)20)5-9(10)15/h1-6H,(H2,16,20)(H,18,19). The Morgan fingerprint density at radius 2 is 2.10 bits per heavy atom. The van der Waals surface area contributed by atoms with Gasteiger partial charge in [-0.25, -0.2) is 4.98 Å². The summed E-state index contributed by atoms with van der Waals surface area (Å²) in [6, 6.07) is 8.29. The molecule has 2 aromatic rings. The minimum Gasteiger partial charge on any atom is -0.389 e. The van der Waals surface area contributed by atoms with Crippen LogP contribution in [0.15, 0.2) is 41.0 Å². The molecule has 1 amide bonds. The molecule has 0 aliphatic heterocycles. The number of pyridine rings is 1. The van der Waals surface area contributed by atoms with Gasteiger partial charge in [0.15, 0.2) is 0 Å². The van der Waals surface area contributed by atoms with E-state index >= 15 is 0 Å². The predicted molar refractivity (Wildman–Crippen MR) is 87.2 cm³/mol. The Labute approximate surface area is 134 Å². The molecule has 20 heavy (non-hydrogen) atoms. The van der Waals surface area contributed by atoms with Crippen LogP contribution >= 0.6 is 39.7 Å². The third-order valence-electron chi connectivity index (χ3n) is 2.46. The number of hydrogen-bond donors (Lipinski definition) is 2. The summed E-state index contributed by atoms with van der Waals surface area (Å²) in [6.45, 7) is 0. The fraction of sp³-hybridized carbons (Fsp3) is 0. The number of nitrogens with two attached hydrogens (primary N) is 1. The van der Waals surface area contributed by atoms with Gasteiger partial charge in [-0.3, -0.25) is 4.79 Å². The minimum atomic E-state index is -0.345. The molecular weight excluding hydrogens is 362 g/mol. The molecule has 0 aliphatic carbocycles. The third-order valence-corrected chi connectivity index (χ3v) is 3.48. The predicted octanol–water partition coefficient (Wildman–Crippen LogP) is 3.38. The average Bonchev–Trinajstić information content (AvgIpc) is 2.41. The lowest BCUT2D eigenvalue weighted by Gasteiger charge is -2.08. The van der Waals surface area contributed by atoms with E-state index in [1.54, 1.807) is 36.5 Å². The highest BCUT2D eigenvalue weighted by atomic mass is 79.9. The first-order valence-corrected chi connectivity index (χ1v) is 7.07. The van der Waals surface area contributed by atoms with Crippen molar-refractivity contribution in [2.45, 2.75) is 0 Å². The highest BCUT2D eigenvalue weighted by Crippen LogP contribution is 2.23. The van der Waals surface area contributed by atoms with Gasteiger partial charge in [-0.05, 0) is 46.3 Å². The minimum absolute atomic E-state index is 0.249. The van der Waals surface area contributed by atoms with Crippen molar-refractivity contribution in [3.63, 3.8) is 0 Å². The molecule has 1 aromatic heterocycles. The van der Waals surface area contributed by atoms with Crippen LogP contribution in [0.5, 0.6) is 0 Å². The Kier molecular flexibility index (Phi) is 4.69. The Morgan fingerprint density at radius 1 is 1.35 bits per heavy atom. The molecule has 0 saturated carbocycles. The molecule has 0 saturated heterocycles. The first kappa shape index (κ1) is 14.9. The van der Waals surface area contributed by atoms with Gasteiger partial charge in [0.1, 0.15) is 10.7 Å². The second-order valence-electron chi connectivity index (χ2n) is 3.87. The smallest absolute Gasteiger partial charge is 0.274 e. The van der Waals surface area contributed by atoms with Gasteiger partial charge in [-0.15, -0.1) is 0 Å². The summed E-state index contributed by atoms with van der Waals surface area (Å²) in [5.41, 5.74) is 6.92. The lowest BCUT2D eigenvalue weighted by Crippen LogP contribution is -2.14. The van der Waals surface area contributed by atoms with Crippen molar-refractivity contribution in [1.29, 1.82) is 0 Å². The van der Waals surface area contributed by atoms with Crippen molar-refractivity contribution < 1.29 is 4.79 Å². The van der Waals surface area contributed by atoms with E-state index < -0.39 is 0 Å². The van der Waals surface area contributed by atoms with Crippen LogP contribution in [0.2, 0.25) is 5.02 Å². The number of benzene rings is 1. The first-order chi connectivity index (χ1) is 9.47. The van der Waals surface area contributed by atoms with Crippen LogP contribution in [0.4, 0.5) is 5.69 Å². The van der Waals surface area contributed by atoms with Gasteiger partial charge in [0, 0.05) is 16.2 Å². The number of nitrogens with zero attached hydrogens (tertiary/aromatic N) is 1. The molecular formula is C13H9BrClN3OS. The summed E-state index contributed by atoms with van der Waals surface area (Å²) in [6.07, 6.45) is 1.55. The van der Waals surface area contributed by atoms with Crippen LogP contribution in [-0.4, -0.2) is 15.9 Å². The third kappa shape index (κ3) is 3.53. The zero-order valence-electron chi connectivity index (χ0n) is 10.1. The second kappa shape index (κ2) is 6.30. The van der Waals surface area contributed by atoms with Gasteiger partial charge in [0.2, 0.25) is 0 Å². The topological polar surface area (TPSA) is 68.0 Å². The van der Waals surface area contributed by atoms with Crippen LogP contribution in [-0.2, 0) is 0 Å². The fourth-order valence-corrected chi connectivity index (χ4v) is 2.06. The molecule has 7 heteroatoms. The van der Waals surface area contributed by atoms with E-state index in [0.29, 0.717) is 22.0 Å². The quantitative estimate of drug-likeness (QED) is 0.813. The van der Waals surface area contributed by atoms with Crippen LogP contribution in [0, 0.1) is 0 Å². The molecule has 0 fully saturated rings. The molecule has 0 spiro atoms. The van der Waals surface area contributed by atoms with E-state index in [2.05, 4.69) is 26.2 Å². The van der Waals surface area contributed by atoms with Gasteiger partial charge >= 0.3 is 0 Å². The number of amides is 1. The highest BCUT2D eigenvalue weighted by molar-refractivity contribution is 9.10. The van der Waals surface area contributed by atoms with Crippen LogP contribution in [0.3, 0.4) is 0 Å². The summed E-state index contributed by atoms with van der Waals surface area (Å²) in [7, 11) is 0. The highest BCUT2D eigenvalue weighted by Gasteiger charge is 2.10. The van der Waals surface area contributed by atoms with Crippen LogP contribution in [0.25, 0.3) is 0 Å². The fourth-order valence-electron chi connectivity index (χ4n) is 1.47. The molecule has 0 atom stereocenters. The maximum atomic E-state index is 12.0. The monoisotopic (exact) mass is 369 g/mol. The number of carbonyl (C=O) groups excluding carboxylic acids is 1. The molecule has 4 nitrogen and oxygen atoms in total. The average molecular weight is 371 g/mol. The molecule has 102 valence electrons. The van der Waals surface area contributed by atoms with E-state index in [1.807, 2.05) is 0 Å². The summed E-state index contributed by atoms with van der Waals surface area (Å²) in [5, 5.41) is 3.04. The lowest BCUT2D eigenvalue weighted by molar-refractivity contribution is 0.102. The molecule has 0 unspecified atom stereocenters. The molecule has 0 radical (unpaired) electrons. The number of aromatic nitrogens is 1. The second-order valence-corrected chi connectivity index (χ2v) is 5.64. The largest absolute Gasteiger partial charge is 0.389 e. The number of halogens is 2. The number of carbonyl (C=O) groups is 1. The number of anilines is 1. The van der Waals surface area contributed by atoms with Gasteiger partial charge in [-0.2, -0.15) is 0 Å². The van der Waals surface area contributed by atoms with Crippen molar-refractivity contribution >= 4 is 56.3 Å². The summed E-state index contributed by atoms with van der Waals surface area (Å²) in [5.74, 6) is -0.345. The van der Waals surface area contributed by atoms with Crippen molar-refractivity contribution in [2.24, 2.45) is 5.73 Å². The number of nitrogens with one attached hydrogen (secondary N) is 1.